The van der Waals surface area contributed by atoms with Crippen molar-refractivity contribution in [2.45, 2.75) is 0 Å². The predicted molar refractivity (Wildman–Crippen MR) is 145 cm³/mol. The second-order valence-electron chi connectivity index (χ2n) is 7.57. The largest absolute Gasteiger partial charge is 0.384 e. The standard InChI is InChI=1S/C27H25N7O/c1-29-25(28)17-26(30-2)33-21-7-5-6-18(16-21)27(35)34-20-12-10-19(11-13-20)32-24-14-15-31-23-9-4-3-8-22(23)24/h3-17,33H,2H2,1H3,(H2,28,29)(H,31,32)(H,34,35)/b26-17+. The van der Waals surface area contributed by atoms with Crippen molar-refractivity contribution in [3.8, 4) is 0 Å². The van der Waals surface area contributed by atoms with Gasteiger partial charge >= 0.3 is 0 Å². The maximum absolute atomic E-state index is 12.8. The van der Waals surface area contributed by atoms with Gasteiger partial charge in [0.2, 0.25) is 0 Å². The summed E-state index contributed by atoms with van der Waals surface area (Å²) in [5.41, 5.74) is 10.3. The Bertz CT molecular complexity index is 1420. The van der Waals surface area contributed by atoms with E-state index < -0.39 is 0 Å². The molecule has 174 valence electrons. The molecular formula is C27H25N7O. The number of benzene rings is 3. The van der Waals surface area contributed by atoms with Crippen LogP contribution in [0.2, 0.25) is 0 Å². The Hall–Kier alpha value is -4.98. The molecular weight excluding hydrogens is 438 g/mol. The number of carbonyl (C=O) groups excluding carboxylic acids is 1. The van der Waals surface area contributed by atoms with Crippen molar-refractivity contribution >= 4 is 52.1 Å². The molecule has 3 aromatic carbocycles. The molecule has 0 spiro atoms. The number of fused-ring (bicyclic) bond motifs is 1. The molecule has 0 bridgehead atoms. The molecule has 0 aliphatic heterocycles. The van der Waals surface area contributed by atoms with Gasteiger partial charge in [0.1, 0.15) is 11.7 Å². The van der Waals surface area contributed by atoms with Crippen molar-refractivity contribution in [1.29, 1.82) is 0 Å². The number of rotatable bonds is 8. The molecule has 4 aromatic rings. The number of nitrogens with one attached hydrogen (secondary N) is 3. The summed E-state index contributed by atoms with van der Waals surface area (Å²) in [7, 11) is 1.58. The van der Waals surface area contributed by atoms with Gasteiger partial charge in [0, 0.05) is 53.0 Å². The fourth-order valence-electron chi connectivity index (χ4n) is 3.41. The molecule has 4 rings (SSSR count). The van der Waals surface area contributed by atoms with E-state index in [1.54, 1.807) is 37.5 Å². The van der Waals surface area contributed by atoms with Crippen molar-refractivity contribution < 1.29 is 4.79 Å². The lowest BCUT2D eigenvalue weighted by Gasteiger charge is -2.11. The fraction of sp³-hybridized carbons (Fsp3) is 0.0370. The van der Waals surface area contributed by atoms with Crippen molar-refractivity contribution in [3.63, 3.8) is 0 Å². The van der Waals surface area contributed by atoms with Crippen molar-refractivity contribution in [2.75, 3.05) is 23.0 Å². The lowest BCUT2D eigenvalue weighted by Crippen LogP contribution is -2.13. The van der Waals surface area contributed by atoms with Crippen LogP contribution in [-0.4, -0.2) is 30.5 Å². The molecule has 5 N–H and O–H groups in total. The number of aromatic nitrogens is 1. The average Bonchev–Trinajstić information content (AvgIpc) is 2.89. The number of aliphatic imine (C=N–C) groups is 2. The summed E-state index contributed by atoms with van der Waals surface area (Å²) in [6.45, 7) is 3.53. The molecule has 0 aliphatic rings. The molecule has 0 atom stereocenters. The van der Waals surface area contributed by atoms with E-state index in [2.05, 4.69) is 37.6 Å². The number of hydrogen-bond donors (Lipinski definition) is 4. The van der Waals surface area contributed by atoms with Gasteiger partial charge in [0.15, 0.2) is 0 Å². The Kier molecular flexibility index (Phi) is 7.13. The normalized spacial score (nSPS) is 11.7. The van der Waals surface area contributed by atoms with E-state index in [9.17, 15) is 4.79 Å². The molecule has 0 radical (unpaired) electrons. The van der Waals surface area contributed by atoms with Gasteiger partial charge in [-0.05, 0) is 61.3 Å². The zero-order valence-electron chi connectivity index (χ0n) is 19.2. The Morgan fingerprint density at radius 1 is 0.943 bits per heavy atom. The van der Waals surface area contributed by atoms with Crippen LogP contribution in [0, 0.1) is 0 Å². The second kappa shape index (κ2) is 10.8. The summed E-state index contributed by atoms with van der Waals surface area (Å²) in [6, 6.07) is 24.5. The highest BCUT2D eigenvalue weighted by atomic mass is 16.1. The lowest BCUT2D eigenvalue weighted by molar-refractivity contribution is 0.102. The van der Waals surface area contributed by atoms with Crippen molar-refractivity contribution in [1.82, 2.24) is 4.98 Å². The van der Waals surface area contributed by atoms with Crippen LogP contribution in [0.5, 0.6) is 0 Å². The van der Waals surface area contributed by atoms with Crippen LogP contribution in [0.3, 0.4) is 0 Å². The summed E-state index contributed by atoms with van der Waals surface area (Å²) in [6.07, 6.45) is 3.34. The topological polar surface area (TPSA) is 117 Å². The van der Waals surface area contributed by atoms with Crippen LogP contribution in [0.4, 0.5) is 22.7 Å². The van der Waals surface area contributed by atoms with Crippen LogP contribution in [0.25, 0.3) is 10.9 Å². The minimum absolute atomic E-state index is 0.235. The summed E-state index contributed by atoms with van der Waals surface area (Å²) in [5.74, 6) is 0.501. The van der Waals surface area contributed by atoms with Crippen LogP contribution >= 0.6 is 0 Å². The molecule has 8 heteroatoms. The second-order valence-corrected chi connectivity index (χ2v) is 7.57. The summed E-state index contributed by atoms with van der Waals surface area (Å²) < 4.78 is 0. The Morgan fingerprint density at radius 3 is 2.49 bits per heavy atom. The van der Waals surface area contributed by atoms with E-state index in [1.807, 2.05) is 60.7 Å². The first-order valence-corrected chi connectivity index (χ1v) is 10.9. The third-order valence-corrected chi connectivity index (χ3v) is 5.18. The third kappa shape index (κ3) is 5.88. The quantitative estimate of drug-likeness (QED) is 0.212. The van der Waals surface area contributed by atoms with Crippen molar-refractivity contribution in [2.24, 2.45) is 15.7 Å². The van der Waals surface area contributed by atoms with Gasteiger partial charge in [-0.15, -0.1) is 0 Å². The highest BCUT2D eigenvalue weighted by Gasteiger charge is 2.08. The first-order chi connectivity index (χ1) is 17.1. The van der Waals surface area contributed by atoms with E-state index >= 15 is 0 Å². The van der Waals surface area contributed by atoms with Gasteiger partial charge in [0.25, 0.3) is 5.91 Å². The number of nitrogens with zero attached hydrogens (tertiary/aromatic N) is 3. The minimum Gasteiger partial charge on any atom is -0.384 e. The zero-order valence-corrected chi connectivity index (χ0v) is 19.2. The monoisotopic (exact) mass is 463 g/mol. The molecule has 0 saturated heterocycles. The number of carbonyl (C=O) groups is 1. The lowest BCUT2D eigenvalue weighted by atomic mass is 10.1. The van der Waals surface area contributed by atoms with E-state index in [-0.39, 0.29) is 5.91 Å². The predicted octanol–water partition coefficient (Wildman–Crippen LogP) is 5.17. The van der Waals surface area contributed by atoms with Crippen LogP contribution in [0.15, 0.2) is 107 Å². The number of pyridine rings is 1. The van der Waals surface area contributed by atoms with Gasteiger partial charge in [-0.25, -0.2) is 4.99 Å². The van der Waals surface area contributed by atoms with Gasteiger partial charge in [0.05, 0.1) is 5.52 Å². The van der Waals surface area contributed by atoms with Gasteiger partial charge < -0.3 is 21.7 Å². The Balaban J connectivity index is 1.43. The van der Waals surface area contributed by atoms with Gasteiger partial charge in [-0.2, -0.15) is 0 Å². The molecule has 1 heterocycles. The molecule has 0 aliphatic carbocycles. The number of para-hydroxylation sites is 1. The number of nitrogens with two attached hydrogens (primary N) is 1. The van der Waals surface area contributed by atoms with Crippen LogP contribution < -0.4 is 21.7 Å². The molecule has 1 amide bonds. The summed E-state index contributed by atoms with van der Waals surface area (Å²) in [4.78, 5) is 25.0. The smallest absolute Gasteiger partial charge is 0.255 e. The van der Waals surface area contributed by atoms with E-state index in [1.165, 1.54) is 0 Å². The highest BCUT2D eigenvalue weighted by Crippen LogP contribution is 2.26. The maximum atomic E-state index is 12.8. The number of amidine groups is 1. The first kappa shape index (κ1) is 23.2. The highest BCUT2D eigenvalue weighted by molar-refractivity contribution is 6.05. The van der Waals surface area contributed by atoms with Crippen LogP contribution in [0.1, 0.15) is 10.4 Å². The molecule has 0 fully saturated rings. The van der Waals surface area contributed by atoms with Crippen LogP contribution in [-0.2, 0) is 0 Å². The minimum atomic E-state index is -0.235. The number of hydrogen-bond acceptors (Lipinski definition) is 6. The average molecular weight is 464 g/mol. The van der Waals surface area contributed by atoms with E-state index in [0.29, 0.717) is 28.6 Å². The number of amides is 1. The Morgan fingerprint density at radius 2 is 1.71 bits per heavy atom. The molecule has 1 aromatic heterocycles. The van der Waals surface area contributed by atoms with E-state index in [4.69, 9.17) is 5.73 Å². The molecule has 8 nitrogen and oxygen atoms in total. The third-order valence-electron chi connectivity index (χ3n) is 5.18. The number of anilines is 4. The SMILES string of the molecule is C=N/C(=C\C(N)=N/C)Nc1cccc(C(=O)Nc2ccc(Nc3ccnc4ccccc34)cc2)c1. The van der Waals surface area contributed by atoms with Crippen molar-refractivity contribution in [3.05, 3.63) is 103 Å². The summed E-state index contributed by atoms with van der Waals surface area (Å²) >= 11 is 0. The summed E-state index contributed by atoms with van der Waals surface area (Å²) in [5, 5.41) is 10.4. The van der Waals surface area contributed by atoms with Gasteiger partial charge in [-0.3, -0.25) is 14.8 Å². The first-order valence-electron chi connectivity index (χ1n) is 10.9. The maximum Gasteiger partial charge on any atom is 0.255 e. The van der Waals surface area contributed by atoms with E-state index in [0.717, 1.165) is 22.3 Å². The van der Waals surface area contributed by atoms with Gasteiger partial charge in [-0.1, -0.05) is 24.3 Å². The molecule has 0 saturated carbocycles. The Labute approximate surface area is 203 Å². The fourth-order valence-corrected chi connectivity index (χ4v) is 3.41. The molecule has 0 unspecified atom stereocenters. The molecule has 35 heavy (non-hydrogen) atoms. The zero-order chi connectivity index (χ0) is 24.6.